The molecule has 80 valence electrons. The molecule has 1 N–H and O–H groups in total. The quantitative estimate of drug-likeness (QED) is 0.782. The fourth-order valence-electron chi connectivity index (χ4n) is 1.99. The lowest BCUT2D eigenvalue weighted by Crippen LogP contribution is -2.35. The van der Waals surface area contributed by atoms with Gasteiger partial charge in [0.1, 0.15) is 5.41 Å². The monoisotopic (exact) mass is 206 g/mol. The molecule has 15 heavy (non-hydrogen) atoms. The summed E-state index contributed by atoms with van der Waals surface area (Å²) in [5, 5.41) is 2.67. The number of pyridine rings is 1. The lowest BCUT2D eigenvalue weighted by molar-refractivity contribution is -0.124. The van der Waals surface area contributed by atoms with Crippen molar-refractivity contribution in [3.8, 4) is 0 Å². The zero-order chi connectivity index (χ0) is 10.9. The van der Waals surface area contributed by atoms with Crippen molar-refractivity contribution in [1.82, 2.24) is 10.3 Å². The van der Waals surface area contributed by atoms with Gasteiger partial charge in [-0.3, -0.25) is 9.78 Å². The highest BCUT2D eigenvalue weighted by Gasteiger charge is 2.62. The minimum absolute atomic E-state index is 0.0203. The molecular weight excluding hydrogens is 192 g/mol. The third-order valence-corrected chi connectivity index (χ3v) is 2.94. The molecule has 0 saturated heterocycles. The largest absolute Gasteiger partial charge is 0.380 e. The number of hydrogen-bond acceptors (Lipinski definition) is 3. The van der Waals surface area contributed by atoms with E-state index in [4.69, 9.17) is 4.74 Å². The molecule has 2 atom stereocenters. The molecule has 1 fully saturated rings. The Hall–Kier alpha value is -1.42. The van der Waals surface area contributed by atoms with Gasteiger partial charge in [-0.05, 0) is 18.6 Å². The second-order valence-corrected chi connectivity index (χ2v) is 3.69. The van der Waals surface area contributed by atoms with Crippen LogP contribution in [0.15, 0.2) is 24.4 Å². The second-order valence-electron chi connectivity index (χ2n) is 3.69. The lowest BCUT2D eigenvalue weighted by Gasteiger charge is -2.14. The Morgan fingerprint density at radius 2 is 2.47 bits per heavy atom. The van der Waals surface area contributed by atoms with Crippen LogP contribution in [0.2, 0.25) is 0 Å². The van der Waals surface area contributed by atoms with Crippen LogP contribution in [0.25, 0.3) is 0 Å². The average Bonchev–Trinajstić information content (AvgIpc) is 3.05. The fourth-order valence-corrected chi connectivity index (χ4v) is 1.99. The van der Waals surface area contributed by atoms with Gasteiger partial charge in [-0.15, -0.1) is 0 Å². The van der Waals surface area contributed by atoms with Gasteiger partial charge in [-0.25, -0.2) is 0 Å². The number of nitrogens with one attached hydrogen (secondary N) is 1. The Labute approximate surface area is 88.7 Å². The summed E-state index contributed by atoms with van der Waals surface area (Å²) < 4.78 is 5.25. The highest BCUT2D eigenvalue weighted by atomic mass is 16.5. The van der Waals surface area contributed by atoms with Crippen LogP contribution in [0, 0.1) is 0 Å². The smallest absolute Gasteiger partial charge is 0.234 e. The Bertz CT molecular complexity index is 366. The van der Waals surface area contributed by atoms with Crippen LogP contribution < -0.4 is 5.32 Å². The summed E-state index contributed by atoms with van der Waals surface area (Å²) in [6.07, 6.45) is 2.36. The Kier molecular flexibility index (Phi) is 2.44. The number of carbonyl (C=O) groups excluding carboxylic acids is 1. The predicted octanol–water partition coefficient (Wildman–Crippen LogP) is 0.484. The first-order chi connectivity index (χ1) is 7.25. The van der Waals surface area contributed by atoms with Crippen LogP contribution in [0.5, 0.6) is 0 Å². The van der Waals surface area contributed by atoms with Crippen LogP contribution in [-0.4, -0.2) is 31.2 Å². The van der Waals surface area contributed by atoms with Crippen LogP contribution in [0.4, 0.5) is 0 Å². The maximum absolute atomic E-state index is 11.8. The molecule has 1 saturated carbocycles. The molecule has 0 bridgehead atoms. The molecule has 1 aromatic heterocycles. The summed E-state index contributed by atoms with van der Waals surface area (Å²) >= 11 is 0. The lowest BCUT2D eigenvalue weighted by atomic mass is 10.00. The number of nitrogens with zero attached hydrogens (tertiary/aromatic N) is 1. The van der Waals surface area contributed by atoms with Gasteiger partial charge in [-0.2, -0.15) is 0 Å². The first kappa shape index (κ1) is 10.1. The highest BCUT2D eigenvalue weighted by Crippen LogP contribution is 2.49. The molecule has 1 aliphatic rings. The standard InChI is InChI=1S/C11H14N2O2/c1-12-10(14)11(7-9(11)15-2)8-5-3-4-6-13-8/h3-6,9H,7H2,1-2H3,(H,12,14). The van der Waals surface area contributed by atoms with Crippen LogP contribution >= 0.6 is 0 Å². The summed E-state index contributed by atoms with van der Waals surface area (Å²) in [5.41, 5.74) is 0.223. The number of aromatic nitrogens is 1. The van der Waals surface area contributed by atoms with Crippen molar-refractivity contribution in [2.45, 2.75) is 17.9 Å². The highest BCUT2D eigenvalue weighted by molar-refractivity contribution is 5.92. The van der Waals surface area contributed by atoms with Crippen molar-refractivity contribution in [3.05, 3.63) is 30.1 Å². The van der Waals surface area contributed by atoms with Crippen molar-refractivity contribution in [2.24, 2.45) is 0 Å². The molecule has 4 heteroatoms. The Morgan fingerprint density at radius 1 is 1.67 bits per heavy atom. The van der Waals surface area contributed by atoms with Crippen LogP contribution in [0.1, 0.15) is 12.1 Å². The molecule has 1 heterocycles. The van der Waals surface area contributed by atoms with Gasteiger partial charge < -0.3 is 10.1 Å². The molecule has 2 unspecified atom stereocenters. The summed E-state index contributed by atoms with van der Waals surface area (Å²) in [7, 11) is 3.26. The molecule has 0 aliphatic heterocycles. The normalized spacial score (nSPS) is 28.5. The number of rotatable bonds is 3. The van der Waals surface area contributed by atoms with Gasteiger partial charge in [0.2, 0.25) is 5.91 Å². The summed E-state index contributed by atoms with van der Waals surface area (Å²) in [6.45, 7) is 0. The van der Waals surface area contributed by atoms with Crippen LogP contribution in [0.3, 0.4) is 0 Å². The van der Waals surface area contributed by atoms with Gasteiger partial charge in [0.05, 0.1) is 11.8 Å². The van der Waals surface area contributed by atoms with E-state index in [1.54, 1.807) is 20.4 Å². The van der Waals surface area contributed by atoms with Crippen molar-refractivity contribution >= 4 is 5.91 Å². The van der Waals surface area contributed by atoms with Gasteiger partial charge in [0, 0.05) is 20.4 Å². The van der Waals surface area contributed by atoms with Gasteiger partial charge in [0.25, 0.3) is 0 Å². The minimum atomic E-state index is -0.565. The number of hydrogen-bond donors (Lipinski definition) is 1. The van der Waals surface area contributed by atoms with Crippen LogP contribution in [-0.2, 0) is 14.9 Å². The topological polar surface area (TPSA) is 51.2 Å². The maximum atomic E-state index is 11.8. The van der Waals surface area contributed by atoms with E-state index in [0.717, 1.165) is 5.69 Å². The SMILES string of the molecule is CNC(=O)C1(c2ccccn2)CC1OC. The predicted molar refractivity (Wildman–Crippen MR) is 55.4 cm³/mol. The molecule has 0 radical (unpaired) electrons. The van der Waals surface area contributed by atoms with Gasteiger partial charge in [-0.1, -0.05) is 6.07 Å². The van der Waals surface area contributed by atoms with Gasteiger partial charge in [0.15, 0.2) is 0 Å². The fraction of sp³-hybridized carbons (Fsp3) is 0.455. The van der Waals surface area contributed by atoms with E-state index in [0.29, 0.717) is 6.42 Å². The van der Waals surface area contributed by atoms with E-state index < -0.39 is 5.41 Å². The second kappa shape index (κ2) is 3.62. The maximum Gasteiger partial charge on any atom is 0.234 e. The molecule has 2 rings (SSSR count). The number of methoxy groups -OCH3 is 1. The van der Waals surface area contributed by atoms with Gasteiger partial charge >= 0.3 is 0 Å². The summed E-state index contributed by atoms with van der Waals surface area (Å²) in [6, 6.07) is 5.59. The molecule has 4 nitrogen and oxygen atoms in total. The first-order valence-electron chi connectivity index (χ1n) is 4.92. The van der Waals surface area contributed by atoms with Crippen molar-refractivity contribution < 1.29 is 9.53 Å². The van der Waals surface area contributed by atoms with E-state index in [9.17, 15) is 4.79 Å². The summed E-state index contributed by atoms with van der Waals surface area (Å²) in [5.74, 6) is -0.0203. The van der Waals surface area contributed by atoms with E-state index in [-0.39, 0.29) is 12.0 Å². The summed E-state index contributed by atoms with van der Waals surface area (Å²) in [4.78, 5) is 16.1. The first-order valence-corrected chi connectivity index (χ1v) is 4.92. The van der Waals surface area contributed by atoms with Crippen molar-refractivity contribution in [1.29, 1.82) is 0 Å². The number of carbonyl (C=O) groups is 1. The van der Waals surface area contributed by atoms with E-state index in [1.807, 2.05) is 18.2 Å². The molecule has 1 aliphatic carbocycles. The van der Waals surface area contributed by atoms with E-state index >= 15 is 0 Å². The van der Waals surface area contributed by atoms with E-state index in [2.05, 4.69) is 10.3 Å². The average molecular weight is 206 g/mol. The third-order valence-electron chi connectivity index (χ3n) is 2.94. The zero-order valence-corrected chi connectivity index (χ0v) is 8.86. The number of amides is 1. The number of ether oxygens (including phenoxy) is 1. The molecule has 1 amide bonds. The van der Waals surface area contributed by atoms with Crippen molar-refractivity contribution in [3.63, 3.8) is 0 Å². The minimum Gasteiger partial charge on any atom is -0.380 e. The molecule has 0 spiro atoms. The zero-order valence-electron chi connectivity index (χ0n) is 8.86. The van der Waals surface area contributed by atoms with Crippen molar-refractivity contribution in [2.75, 3.05) is 14.2 Å². The third kappa shape index (κ3) is 1.41. The number of likely N-dealkylation sites (N-methyl/N-ethyl adjacent to an activating group) is 1. The Balaban J connectivity index is 2.34. The molecular formula is C11H14N2O2. The Morgan fingerprint density at radius 3 is 2.93 bits per heavy atom. The van der Waals surface area contributed by atoms with E-state index in [1.165, 1.54) is 0 Å². The molecule has 1 aromatic rings. The molecule has 0 aromatic carbocycles.